The second-order valence-electron chi connectivity index (χ2n) is 5.26. The van der Waals surface area contributed by atoms with E-state index in [9.17, 15) is 0 Å². The zero-order valence-corrected chi connectivity index (χ0v) is 13.3. The maximum atomic E-state index is 5.97. The van der Waals surface area contributed by atoms with Crippen LogP contribution in [0.25, 0.3) is 0 Å². The summed E-state index contributed by atoms with van der Waals surface area (Å²) in [4.78, 5) is 0. The summed E-state index contributed by atoms with van der Waals surface area (Å²) in [5.41, 5.74) is 1.37. The lowest BCUT2D eigenvalue weighted by atomic mass is 9.96. The lowest BCUT2D eigenvalue weighted by Crippen LogP contribution is -2.44. The molecule has 1 N–H and O–H groups in total. The fraction of sp³-hybridized carbons (Fsp3) is 0.625. The number of nitrogens with one attached hydrogen (secondary N) is 1. The maximum Gasteiger partial charge on any atom is 0.0731 e. The highest BCUT2D eigenvalue weighted by atomic mass is 79.9. The summed E-state index contributed by atoms with van der Waals surface area (Å²) in [6.07, 6.45) is 6.26. The molecule has 0 aliphatic carbocycles. The van der Waals surface area contributed by atoms with Gasteiger partial charge in [0.05, 0.1) is 6.10 Å². The number of hydrogen-bond acceptors (Lipinski definition) is 2. The molecule has 0 aromatic heterocycles. The van der Waals surface area contributed by atoms with Gasteiger partial charge in [-0.2, -0.15) is 0 Å². The van der Waals surface area contributed by atoms with Gasteiger partial charge >= 0.3 is 0 Å². The molecule has 1 aromatic carbocycles. The van der Waals surface area contributed by atoms with Crippen LogP contribution >= 0.6 is 15.9 Å². The number of ether oxygens (including phenoxy) is 1. The third kappa shape index (κ3) is 4.59. The van der Waals surface area contributed by atoms with Crippen LogP contribution in [0.1, 0.15) is 38.2 Å². The topological polar surface area (TPSA) is 21.3 Å². The molecule has 1 aliphatic rings. The molecule has 0 radical (unpaired) electrons. The fourth-order valence-corrected chi connectivity index (χ4v) is 3.10. The minimum atomic E-state index is 0.368. The van der Waals surface area contributed by atoms with Gasteiger partial charge < -0.3 is 10.1 Å². The molecular formula is C16H24BrNO. The van der Waals surface area contributed by atoms with Crippen molar-refractivity contribution in [1.29, 1.82) is 0 Å². The predicted octanol–water partition coefficient (Wildman–Crippen LogP) is 3.93. The average molecular weight is 326 g/mol. The maximum absolute atomic E-state index is 5.97. The van der Waals surface area contributed by atoms with E-state index in [0.717, 1.165) is 19.6 Å². The second kappa shape index (κ2) is 8.03. The van der Waals surface area contributed by atoms with Crippen molar-refractivity contribution in [1.82, 2.24) is 5.32 Å². The van der Waals surface area contributed by atoms with Gasteiger partial charge in [0, 0.05) is 17.1 Å². The van der Waals surface area contributed by atoms with Crippen LogP contribution in [0.5, 0.6) is 0 Å². The summed E-state index contributed by atoms with van der Waals surface area (Å²) in [7, 11) is 0. The molecule has 1 saturated heterocycles. The van der Waals surface area contributed by atoms with E-state index in [1.54, 1.807) is 0 Å². The normalized spacial score (nSPS) is 21.3. The summed E-state index contributed by atoms with van der Waals surface area (Å²) in [6.45, 7) is 4.20. The molecule has 2 atom stereocenters. The van der Waals surface area contributed by atoms with Crippen LogP contribution in [0.2, 0.25) is 0 Å². The molecule has 0 spiro atoms. The van der Waals surface area contributed by atoms with Crippen LogP contribution in [0.4, 0.5) is 0 Å². The molecule has 1 heterocycles. The predicted molar refractivity (Wildman–Crippen MR) is 83.5 cm³/mol. The van der Waals surface area contributed by atoms with Crippen molar-refractivity contribution >= 4 is 15.9 Å². The van der Waals surface area contributed by atoms with Gasteiger partial charge in [0.2, 0.25) is 0 Å². The third-order valence-corrected chi connectivity index (χ3v) is 4.49. The molecule has 3 heteroatoms. The Morgan fingerprint density at radius 2 is 2.21 bits per heavy atom. The van der Waals surface area contributed by atoms with E-state index in [1.165, 1.54) is 35.7 Å². The molecular weight excluding hydrogens is 302 g/mol. The molecule has 1 aromatic rings. The molecule has 2 rings (SSSR count). The molecule has 2 nitrogen and oxygen atoms in total. The van der Waals surface area contributed by atoms with Gasteiger partial charge in [0.1, 0.15) is 0 Å². The van der Waals surface area contributed by atoms with Gasteiger partial charge in [-0.05, 0) is 50.3 Å². The van der Waals surface area contributed by atoms with Gasteiger partial charge in [-0.3, -0.25) is 0 Å². The van der Waals surface area contributed by atoms with Crippen LogP contribution < -0.4 is 5.32 Å². The van der Waals surface area contributed by atoms with E-state index in [0.29, 0.717) is 12.1 Å². The first-order chi connectivity index (χ1) is 9.31. The van der Waals surface area contributed by atoms with Crippen molar-refractivity contribution in [3.8, 4) is 0 Å². The number of hydrogen-bond donors (Lipinski definition) is 1. The number of benzene rings is 1. The highest BCUT2D eigenvalue weighted by molar-refractivity contribution is 9.10. The minimum Gasteiger partial charge on any atom is -0.377 e. The zero-order chi connectivity index (χ0) is 13.5. The Kier molecular flexibility index (Phi) is 6.35. The SMILES string of the molecule is CCCNC(Cc1ccccc1Br)C1CCCCO1. The Morgan fingerprint density at radius 3 is 2.89 bits per heavy atom. The molecule has 0 amide bonds. The van der Waals surface area contributed by atoms with Crippen LogP contribution in [0.3, 0.4) is 0 Å². The molecule has 2 unspecified atom stereocenters. The molecule has 1 fully saturated rings. The van der Waals surface area contributed by atoms with Crippen molar-refractivity contribution in [2.24, 2.45) is 0 Å². The first-order valence-corrected chi connectivity index (χ1v) is 8.19. The first-order valence-electron chi connectivity index (χ1n) is 7.39. The molecule has 0 bridgehead atoms. The van der Waals surface area contributed by atoms with E-state index in [2.05, 4.69) is 52.4 Å². The summed E-state index contributed by atoms with van der Waals surface area (Å²) in [6, 6.07) is 8.93. The van der Waals surface area contributed by atoms with Gasteiger partial charge in [-0.15, -0.1) is 0 Å². The smallest absolute Gasteiger partial charge is 0.0731 e. The van der Waals surface area contributed by atoms with Gasteiger partial charge in [-0.1, -0.05) is 41.1 Å². The number of halogens is 1. The lowest BCUT2D eigenvalue weighted by molar-refractivity contribution is -0.00740. The Hall–Kier alpha value is -0.380. The summed E-state index contributed by atoms with van der Waals surface area (Å²) in [5.74, 6) is 0. The Labute approximate surface area is 125 Å². The van der Waals surface area contributed by atoms with Crippen molar-refractivity contribution in [2.45, 2.75) is 51.2 Å². The van der Waals surface area contributed by atoms with Crippen molar-refractivity contribution in [2.75, 3.05) is 13.2 Å². The van der Waals surface area contributed by atoms with Crippen LogP contribution in [-0.4, -0.2) is 25.3 Å². The van der Waals surface area contributed by atoms with Crippen molar-refractivity contribution < 1.29 is 4.74 Å². The highest BCUT2D eigenvalue weighted by Gasteiger charge is 2.24. The Balaban J connectivity index is 2.02. The van der Waals surface area contributed by atoms with Crippen molar-refractivity contribution in [3.05, 3.63) is 34.3 Å². The Morgan fingerprint density at radius 1 is 1.37 bits per heavy atom. The van der Waals surface area contributed by atoms with E-state index < -0.39 is 0 Å². The van der Waals surface area contributed by atoms with Gasteiger partial charge in [0.15, 0.2) is 0 Å². The van der Waals surface area contributed by atoms with E-state index in [4.69, 9.17) is 4.74 Å². The number of rotatable bonds is 6. The monoisotopic (exact) mass is 325 g/mol. The average Bonchev–Trinajstić information content (AvgIpc) is 2.46. The van der Waals surface area contributed by atoms with E-state index in [-0.39, 0.29) is 0 Å². The second-order valence-corrected chi connectivity index (χ2v) is 6.12. The first kappa shape index (κ1) is 15.0. The minimum absolute atomic E-state index is 0.368. The van der Waals surface area contributed by atoms with E-state index >= 15 is 0 Å². The summed E-state index contributed by atoms with van der Waals surface area (Å²) >= 11 is 3.65. The molecule has 19 heavy (non-hydrogen) atoms. The fourth-order valence-electron chi connectivity index (χ4n) is 2.65. The van der Waals surface area contributed by atoms with Crippen LogP contribution in [0.15, 0.2) is 28.7 Å². The third-order valence-electron chi connectivity index (χ3n) is 3.72. The lowest BCUT2D eigenvalue weighted by Gasteiger charge is -2.31. The quantitative estimate of drug-likeness (QED) is 0.855. The molecule has 0 saturated carbocycles. The Bertz CT molecular complexity index is 377. The summed E-state index contributed by atoms with van der Waals surface area (Å²) < 4.78 is 7.17. The van der Waals surface area contributed by atoms with Crippen LogP contribution in [0, 0.1) is 0 Å². The highest BCUT2D eigenvalue weighted by Crippen LogP contribution is 2.22. The summed E-state index contributed by atoms with van der Waals surface area (Å²) in [5, 5.41) is 3.67. The molecule has 106 valence electrons. The standard InChI is InChI=1S/C16H24BrNO/c1-2-10-18-15(16-9-5-6-11-19-16)12-13-7-3-4-8-14(13)17/h3-4,7-8,15-16,18H,2,5-6,9-12H2,1H3. The van der Waals surface area contributed by atoms with Gasteiger partial charge in [-0.25, -0.2) is 0 Å². The molecule has 1 aliphatic heterocycles. The van der Waals surface area contributed by atoms with Crippen molar-refractivity contribution in [3.63, 3.8) is 0 Å². The van der Waals surface area contributed by atoms with Crippen LogP contribution in [-0.2, 0) is 11.2 Å². The van der Waals surface area contributed by atoms with Gasteiger partial charge in [0.25, 0.3) is 0 Å². The largest absolute Gasteiger partial charge is 0.377 e. The zero-order valence-electron chi connectivity index (χ0n) is 11.7. The van der Waals surface area contributed by atoms with E-state index in [1.807, 2.05) is 0 Å².